The maximum atomic E-state index is 12.1. The van der Waals surface area contributed by atoms with Crippen molar-refractivity contribution >= 4 is 40.1 Å². The maximum absolute atomic E-state index is 12.1. The zero-order chi connectivity index (χ0) is 16.3. The molecule has 22 heavy (non-hydrogen) atoms. The van der Waals surface area contributed by atoms with E-state index in [2.05, 4.69) is 27.7 Å². The van der Waals surface area contributed by atoms with Crippen LogP contribution < -0.4 is 0 Å². The molecule has 2 rings (SSSR count). The topological polar surface area (TPSA) is 55.7 Å². The Morgan fingerprint density at radius 2 is 1.91 bits per heavy atom. The van der Waals surface area contributed by atoms with Crippen LogP contribution in [0, 0.1) is 9.49 Å². The van der Waals surface area contributed by atoms with Crippen molar-refractivity contribution in [1.29, 1.82) is 0 Å². The highest BCUT2D eigenvalue weighted by Crippen LogP contribution is 2.20. The van der Waals surface area contributed by atoms with Gasteiger partial charge in [0.05, 0.1) is 5.56 Å². The second-order valence-electron chi connectivity index (χ2n) is 5.28. The van der Waals surface area contributed by atoms with Crippen LogP contribution in [0.15, 0.2) is 52.7 Å². The van der Waals surface area contributed by atoms with Crippen molar-refractivity contribution < 1.29 is 14.4 Å². The van der Waals surface area contributed by atoms with Crippen LogP contribution in [-0.2, 0) is 9.63 Å². The number of hydrogen-bond acceptors (Lipinski definition) is 4. The third kappa shape index (κ3) is 3.71. The van der Waals surface area contributed by atoms with E-state index in [-0.39, 0.29) is 11.7 Å². The fourth-order valence-electron chi connectivity index (χ4n) is 2.00. The minimum atomic E-state index is -0.512. The fraction of sp³-hybridized carbons (Fsp3) is 0.235. The average molecular weight is 409 g/mol. The Labute approximate surface area is 143 Å². The van der Waals surface area contributed by atoms with Crippen LogP contribution >= 0.6 is 22.6 Å². The Hall–Kier alpha value is -1.76. The van der Waals surface area contributed by atoms with Gasteiger partial charge in [0.15, 0.2) is 5.78 Å². The van der Waals surface area contributed by atoms with Crippen LogP contribution in [0.1, 0.15) is 31.1 Å². The van der Waals surface area contributed by atoms with Gasteiger partial charge in [0.1, 0.15) is 5.71 Å². The minimum Gasteiger partial charge on any atom is -0.312 e. The normalized spacial score (nSPS) is 16.6. The number of rotatable bonds is 3. The smallest absolute Gasteiger partial charge is 0.312 e. The van der Waals surface area contributed by atoms with E-state index in [1.807, 2.05) is 26.0 Å². The van der Waals surface area contributed by atoms with E-state index < -0.39 is 5.97 Å². The van der Waals surface area contributed by atoms with Gasteiger partial charge < -0.3 is 4.84 Å². The van der Waals surface area contributed by atoms with Gasteiger partial charge in [0, 0.05) is 9.14 Å². The number of allylic oxidation sites excluding steroid dienone is 4. The summed E-state index contributed by atoms with van der Waals surface area (Å²) in [5.74, 6) is -0.440. The van der Waals surface area contributed by atoms with Crippen LogP contribution in [0.25, 0.3) is 0 Å². The second kappa shape index (κ2) is 7.00. The summed E-state index contributed by atoms with van der Waals surface area (Å²) in [5.41, 5.74) is 2.32. The largest absolute Gasteiger partial charge is 0.366 e. The number of nitrogens with zero attached hydrogens (tertiary/aromatic N) is 1. The molecule has 0 saturated heterocycles. The monoisotopic (exact) mass is 409 g/mol. The van der Waals surface area contributed by atoms with E-state index in [1.165, 1.54) is 6.08 Å². The molecule has 0 N–H and O–H groups in total. The lowest BCUT2D eigenvalue weighted by molar-refractivity contribution is -0.111. The molecular formula is C17H16INO3. The summed E-state index contributed by atoms with van der Waals surface area (Å²) >= 11 is 2.07. The Kier molecular flexibility index (Phi) is 5.28. The molecule has 4 nitrogen and oxygen atoms in total. The molecule has 0 atom stereocenters. The first-order valence-electron chi connectivity index (χ1n) is 6.88. The molecule has 1 aromatic carbocycles. The zero-order valence-corrected chi connectivity index (χ0v) is 14.7. The van der Waals surface area contributed by atoms with Crippen LogP contribution in [-0.4, -0.2) is 17.5 Å². The first kappa shape index (κ1) is 16.6. The van der Waals surface area contributed by atoms with Gasteiger partial charge in [0.2, 0.25) is 0 Å². The number of oxime groups is 1. The van der Waals surface area contributed by atoms with Gasteiger partial charge in [-0.15, -0.1) is 0 Å². The molecule has 0 spiro atoms. The van der Waals surface area contributed by atoms with Crippen molar-refractivity contribution in [2.24, 2.45) is 11.1 Å². The van der Waals surface area contributed by atoms with E-state index in [1.54, 1.807) is 25.1 Å². The molecule has 0 heterocycles. The molecule has 0 fully saturated rings. The van der Waals surface area contributed by atoms with E-state index in [4.69, 9.17) is 4.84 Å². The Morgan fingerprint density at radius 3 is 2.55 bits per heavy atom. The summed E-state index contributed by atoms with van der Waals surface area (Å²) < 4.78 is 0.801. The summed E-state index contributed by atoms with van der Waals surface area (Å²) in [4.78, 5) is 29.0. The predicted octanol–water partition coefficient (Wildman–Crippen LogP) is 3.92. The SMILES string of the molecule is CC1=CC(=O)C(C(C)C)=CC1=NOC(=O)c1ccccc1I. The molecule has 0 unspecified atom stereocenters. The first-order chi connectivity index (χ1) is 10.4. The summed E-state index contributed by atoms with van der Waals surface area (Å²) in [6, 6.07) is 7.13. The zero-order valence-electron chi connectivity index (χ0n) is 12.6. The van der Waals surface area contributed by atoms with E-state index in [0.717, 1.165) is 3.57 Å². The predicted molar refractivity (Wildman–Crippen MR) is 93.7 cm³/mol. The molecule has 5 heteroatoms. The molecule has 0 aliphatic heterocycles. The van der Waals surface area contributed by atoms with Gasteiger partial charge in [-0.25, -0.2) is 4.79 Å². The van der Waals surface area contributed by atoms with Crippen molar-refractivity contribution in [2.75, 3.05) is 0 Å². The number of halogens is 1. The molecule has 1 aliphatic rings. The summed E-state index contributed by atoms with van der Waals surface area (Å²) in [6.45, 7) is 5.65. The molecule has 1 aromatic rings. The first-order valence-corrected chi connectivity index (χ1v) is 7.96. The quantitative estimate of drug-likeness (QED) is 0.329. The van der Waals surface area contributed by atoms with Crippen LogP contribution in [0.4, 0.5) is 0 Å². The number of hydrogen-bond donors (Lipinski definition) is 0. The molecule has 0 aromatic heterocycles. The van der Waals surface area contributed by atoms with Crippen LogP contribution in [0.3, 0.4) is 0 Å². The molecule has 114 valence electrons. The lowest BCUT2D eigenvalue weighted by Crippen LogP contribution is -2.16. The molecule has 0 bridgehead atoms. The molecule has 0 radical (unpaired) electrons. The summed E-state index contributed by atoms with van der Waals surface area (Å²) in [5, 5.41) is 3.92. The van der Waals surface area contributed by atoms with E-state index in [0.29, 0.717) is 22.4 Å². The average Bonchev–Trinajstić information content (AvgIpc) is 2.46. The maximum Gasteiger partial charge on any atom is 0.366 e. The van der Waals surface area contributed by atoms with Crippen molar-refractivity contribution in [3.63, 3.8) is 0 Å². The highest BCUT2D eigenvalue weighted by atomic mass is 127. The number of carbonyl (C=O) groups is 2. The van der Waals surface area contributed by atoms with Gasteiger partial charge in [-0.05, 0) is 65.3 Å². The lowest BCUT2D eigenvalue weighted by atomic mass is 9.90. The highest BCUT2D eigenvalue weighted by molar-refractivity contribution is 14.1. The fourth-order valence-corrected chi connectivity index (χ4v) is 2.61. The van der Waals surface area contributed by atoms with Crippen LogP contribution in [0.2, 0.25) is 0 Å². The van der Waals surface area contributed by atoms with Gasteiger partial charge in [0.25, 0.3) is 0 Å². The van der Waals surface area contributed by atoms with Crippen molar-refractivity contribution in [3.05, 3.63) is 56.7 Å². The molecule has 0 saturated carbocycles. The van der Waals surface area contributed by atoms with Gasteiger partial charge in [-0.2, -0.15) is 0 Å². The van der Waals surface area contributed by atoms with Gasteiger partial charge in [-0.3, -0.25) is 4.79 Å². The number of benzene rings is 1. The molecule has 1 aliphatic carbocycles. The van der Waals surface area contributed by atoms with Crippen molar-refractivity contribution in [3.8, 4) is 0 Å². The van der Waals surface area contributed by atoms with Crippen molar-refractivity contribution in [2.45, 2.75) is 20.8 Å². The molecule has 0 amide bonds. The molecular weight excluding hydrogens is 393 g/mol. The van der Waals surface area contributed by atoms with E-state index >= 15 is 0 Å². The summed E-state index contributed by atoms with van der Waals surface area (Å²) in [6.07, 6.45) is 3.21. The third-order valence-corrected chi connectivity index (χ3v) is 4.21. The number of ketones is 1. The van der Waals surface area contributed by atoms with Gasteiger partial charge >= 0.3 is 5.97 Å². The lowest BCUT2D eigenvalue weighted by Gasteiger charge is -2.14. The van der Waals surface area contributed by atoms with Crippen LogP contribution in [0.5, 0.6) is 0 Å². The summed E-state index contributed by atoms with van der Waals surface area (Å²) in [7, 11) is 0. The minimum absolute atomic E-state index is 0.0182. The van der Waals surface area contributed by atoms with Crippen molar-refractivity contribution in [1.82, 2.24) is 0 Å². The second-order valence-corrected chi connectivity index (χ2v) is 6.44. The Bertz CT molecular complexity index is 714. The third-order valence-electron chi connectivity index (χ3n) is 3.27. The highest BCUT2D eigenvalue weighted by Gasteiger charge is 2.19. The van der Waals surface area contributed by atoms with Gasteiger partial charge in [-0.1, -0.05) is 31.1 Å². The Balaban J connectivity index is 2.22. The van der Waals surface area contributed by atoms with E-state index in [9.17, 15) is 9.59 Å². The number of carbonyl (C=O) groups excluding carboxylic acids is 2. The Morgan fingerprint density at radius 1 is 1.23 bits per heavy atom. The standard InChI is InChI=1S/C17H16INO3/c1-10(2)13-9-15(11(3)8-16(13)20)19-22-17(21)12-6-4-5-7-14(12)18/h4-10H,1-3H3.